The fourth-order valence-electron chi connectivity index (χ4n) is 9.05. The van der Waals surface area contributed by atoms with Gasteiger partial charge < -0.3 is 33.8 Å². The van der Waals surface area contributed by atoms with Crippen LogP contribution in [0.15, 0.2) is 170 Å². The number of ether oxygens (including phenoxy) is 4. The lowest BCUT2D eigenvalue weighted by atomic mass is 10.1. The maximum Gasteiger partial charge on any atom is 0.472 e. The molecular weight excluding hydrogens is 1310 g/mol. The maximum atomic E-state index is 13.1. The molecule has 0 aliphatic carbocycles. The number of hydrogen-bond donors (Lipinski definition) is 3. The Morgan fingerprint density at radius 3 is 0.890 bits per heavy atom. The highest BCUT2D eigenvalue weighted by molar-refractivity contribution is 7.47. The van der Waals surface area contributed by atoms with Crippen molar-refractivity contribution in [3.05, 3.63) is 170 Å². The van der Waals surface area contributed by atoms with Crippen LogP contribution in [0.3, 0.4) is 0 Å². The van der Waals surface area contributed by atoms with Gasteiger partial charge in [-0.15, -0.1) is 0 Å². The summed E-state index contributed by atoms with van der Waals surface area (Å²) in [4.78, 5) is 72.7. The van der Waals surface area contributed by atoms with E-state index in [0.29, 0.717) is 32.1 Å². The quantitative estimate of drug-likeness (QED) is 0.0169. The molecule has 0 aliphatic heterocycles. The molecular formula is C81H130O17P2. The van der Waals surface area contributed by atoms with Crippen molar-refractivity contribution in [2.24, 2.45) is 0 Å². The summed E-state index contributed by atoms with van der Waals surface area (Å²) in [6, 6.07) is 0. The Bertz CT molecular complexity index is 2570. The summed E-state index contributed by atoms with van der Waals surface area (Å²) in [5, 5.41) is 10.6. The lowest BCUT2D eigenvalue weighted by molar-refractivity contribution is -0.161. The van der Waals surface area contributed by atoms with Gasteiger partial charge in [0.2, 0.25) is 0 Å². The summed E-state index contributed by atoms with van der Waals surface area (Å²) in [5.74, 6) is -2.37. The third-order valence-electron chi connectivity index (χ3n) is 14.7. The minimum Gasteiger partial charge on any atom is -0.462 e. The van der Waals surface area contributed by atoms with Crippen LogP contribution in [0, 0.1) is 0 Å². The summed E-state index contributed by atoms with van der Waals surface area (Å²) in [5.41, 5.74) is 0. The first kappa shape index (κ1) is 94.4. The van der Waals surface area contributed by atoms with Crippen molar-refractivity contribution >= 4 is 39.5 Å². The van der Waals surface area contributed by atoms with E-state index in [1.807, 2.05) is 18.2 Å². The molecule has 0 amide bonds. The number of rotatable bonds is 68. The van der Waals surface area contributed by atoms with Gasteiger partial charge in [-0.25, -0.2) is 9.13 Å². The molecule has 5 unspecified atom stereocenters. The predicted octanol–water partition coefficient (Wildman–Crippen LogP) is 21.4. The van der Waals surface area contributed by atoms with E-state index in [0.717, 1.165) is 161 Å². The van der Waals surface area contributed by atoms with Crippen LogP contribution < -0.4 is 0 Å². The Morgan fingerprint density at radius 1 is 0.290 bits per heavy atom. The predicted molar refractivity (Wildman–Crippen MR) is 408 cm³/mol. The van der Waals surface area contributed by atoms with Crippen molar-refractivity contribution in [1.82, 2.24) is 0 Å². The van der Waals surface area contributed by atoms with Gasteiger partial charge in [-0.1, -0.05) is 249 Å². The van der Waals surface area contributed by atoms with E-state index in [-0.39, 0.29) is 25.7 Å². The Labute approximate surface area is 603 Å². The monoisotopic (exact) mass is 1440 g/mol. The van der Waals surface area contributed by atoms with E-state index in [9.17, 15) is 43.2 Å². The van der Waals surface area contributed by atoms with Crippen LogP contribution in [-0.4, -0.2) is 96.7 Å². The molecule has 566 valence electrons. The highest BCUT2D eigenvalue weighted by Crippen LogP contribution is 2.45. The maximum absolute atomic E-state index is 13.1. The van der Waals surface area contributed by atoms with E-state index in [2.05, 4.69) is 180 Å². The number of unbranched alkanes of at least 4 members (excludes halogenated alkanes) is 14. The number of aliphatic hydroxyl groups is 1. The van der Waals surface area contributed by atoms with Crippen molar-refractivity contribution in [3.63, 3.8) is 0 Å². The van der Waals surface area contributed by atoms with Gasteiger partial charge in [0.25, 0.3) is 0 Å². The second-order valence-corrected chi connectivity index (χ2v) is 27.0. The lowest BCUT2D eigenvalue weighted by Crippen LogP contribution is -2.30. The van der Waals surface area contributed by atoms with Crippen molar-refractivity contribution in [1.29, 1.82) is 0 Å². The minimum atomic E-state index is -5.01. The molecule has 0 saturated heterocycles. The van der Waals surface area contributed by atoms with Gasteiger partial charge in [-0.3, -0.25) is 37.3 Å². The second kappa shape index (κ2) is 71.8. The Morgan fingerprint density at radius 2 is 0.540 bits per heavy atom. The average molecular weight is 1440 g/mol. The van der Waals surface area contributed by atoms with Crippen LogP contribution in [0.1, 0.15) is 259 Å². The molecule has 0 aromatic rings. The normalized spacial score (nSPS) is 14.9. The number of carbonyl (C=O) groups excluding carboxylic acids is 4. The fourth-order valence-corrected chi connectivity index (χ4v) is 10.6. The molecule has 0 spiro atoms. The standard InChI is InChI=1S/C81H130O17P2/c1-5-9-13-17-21-25-29-32-35-36-37-38-41-43-47-50-54-58-62-66-79(84)92-72-77(98-81(86)68-64-60-56-52-48-44-40-34-31-27-23-19-15-11-7-3)74-96-100(89,90)94-70-75(82)69-93-99(87,88)95-73-76(97-80(85)67-63-59-55-51-45-28-24-20-16-12-8-4)71-91-78(83)65-61-57-53-49-46-42-39-33-30-26-22-18-14-10-6-2/h9-11,13-15,20-27,32-35,37-40,43,46-47,49,54,58,75-77,82H,5-8,12,16-19,28-31,36,41-42,44-45,48,50-53,55-57,59-74H2,1-4H3,(H,87,88)(H,89,90)/b13-9-,14-10-,15-11-,24-20-,25-21-,26-22-,27-23-,35-32-,38-37-,39-33-,40-34-,47-43-,49-46-,58-54-. The highest BCUT2D eigenvalue weighted by atomic mass is 31.2. The van der Waals surface area contributed by atoms with E-state index < -0.39 is 97.5 Å². The molecule has 19 heteroatoms. The number of aliphatic hydroxyl groups excluding tert-OH is 1. The van der Waals surface area contributed by atoms with Gasteiger partial charge in [-0.05, 0) is 154 Å². The molecule has 0 aliphatic rings. The van der Waals surface area contributed by atoms with Crippen LogP contribution >= 0.6 is 15.6 Å². The molecule has 0 saturated carbocycles. The van der Waals surface area contributed by atoms with Gasteiger partial charge in [0.1, 0.15) is 19.3 Å². The Kier molecular flexibility index (Phi) is 67.8. The topological polar surface area (TPSA) is 237 Å². The summed E-state index contributed by atoms with van der Waals surface area (Å²) < 4.78 is 68.2. The molecule has 100 heavy (non-hydrogen) atoms. The zero-order chi connectivity index (χ0) is 73.2. The summed E-state index contributed by atoms with van der Waals surface area (Å²) in [6.07, 6.45) is 83.8. The summed E-state index contributed by atoms with van der Waals surface area (Å²) in [7, 11) is -10.00. The van der Waals surface area contributed by atoms with E-state index >= 15 is 0 Å². The van der Waals surface area contributed by atoms with Crippen LogP contribution in [0.2, 0.25) is 0 Å². The van der Waals surface area contributed by atoms with Crippen LogP contribution in [0.25, 0.3) is 0 Å². The largest absolute Gasteiger partial charge is 0.472 e. The summed E-state index contributed by atoms with van der Waals surface area (Å²) >= 11 is 0. The number of phosphoric acid groups is 2. The molecule has 0 radical (unpaired) electrons. The molecule has 0 rings (SSSR count). The van der Waals surface area contributed by atoms with Crippen LogP contribution in [0.5, 0.6) is 0 Å². The highest BCUT2D eigenvalue weighted by Gasteiger charge is 2.30. The third kappa shape index (κ3) is 70.8. The van der Waals surface area contributed by atoms with Gasteiger partial charge >= 0.3 is 39.5 Å². The van der Waals surface area contributed by atoms with Crippen molar-refractivity contribution in [2.75, 3.05) is 39.6 Å². The van der Waals surface area contributed by atoms with Gasteiger partial charge in [0.15, 0.2) is 12.2 Å². The minimum absolute atomic E-state index is 0.0252. The van der Waals surface area contributed by atoms with Crippen LogP contribution in [0.4, 0.5) is 0 Å². The van der Waals surface area contributed by atoms with Gasteiger partial charge in [0, 0.05) is 25.7 Å². The SMILES string of the molecule is CC/C=C\C/C=C\C/C=C\C/C=C\C/C=C\C/C=C\CCC(=O)OCC(COP(=O)(O)OCC(O)COP(=O)(O)OCC(COC(=O)CCCC/C=C\C/C=C\C/C=C\C/C=C\CC)OC(=O)CCCCCCC/C=C\CCCC)OC(=O)CCCCCCC/C=C\C/C=C\C/C=C\CC. The van der Waals surface area contributed by atoms with Crippen molar-refractivity contribution in [2.45, 2.75) is 277 Å². The number of allylic oxidation sites excluding steroid dienone is 28. The van der Waals surface area contributed by atoms with E-state index in [1.165, 1.54) is 12.8 Å². The van der Waals surface area contributed by atoms with Crippen LogP contribution in [-0.2, 0) is 65.4 Å². The molecule has 0 aromatic heterocycles. The molecule has 0 aromatic carbocycles. The first-order chi connectivity index (χ1) is 48.7. The van der Waals surface area contributed by atoms with E-state index in [4.69, 9.17) is 37.0 Å². The Balaban J connectivity index is 5.46. The number of hydrogen-bond acceptors (Lipinski definition) is 15. The number of phosphoric ester groups is 2. The molecule has 0 fully saturated rings. The second-order valence-electron chi connectivity index (χ2n) is 24.1. The lowest BCUT2D eigenvalue weighted by Gasteiger charge is -2.21. The zero-order valence-corrected chi connectivity index (χ0v) is 63.3. The van der Waals surface area contributed by atoms with Gasteiger partial charge in [-0.2, -0.15) is 0 Å². The third-order valence-corrected chi connectivity index (χ3v) is 16.6. The number of carbonyl (C=O) groups is 4. The van der Waals surface area contributed by atoms with Gasteiger partial charge in [0.05, 0.1) is 26.4 Å². The number of esters is 4. The first-order valence-corrected chi connectivity index (χ1v) is 40.4. The van der Waals surface area contributed by atoms with E-state index in [1.54, 1.807) is 0 Å². The molecule has 5 atom stereocenters. The Hall–Kier alpha value is -5.58. The molecule has 17 nitrogen and oxygen atoms in total. The van der Waals surface area contributed by atoms with Crippen molar-refractivity contribution < 1.29 is 80.2 Å². The fraction of sp³-hybridized carbons (Fsp3) is 0.605. The molecule has 3 N–H and O–H groups in total. The average Bonchev–Trinajstić information content (AvgIpc) is 0.985. The first-order valence-electron chi connectivity index (χ1n) is 37.4. The smallest absolute Gasteiger partial charge is 0.462 e. The zero-order valence-electron chi connectivity index (χ0n) is 61.5. The molecule has 0 heterocycles. The molecule has 0 bridgehead atoms. The summed E-state index contributed by atoms with van der Waals surface area (Å²) in [6.45, 7) is 4.29. The van der Waals surface area contributed by atoms with Crippen molar-refractivity contribution in [3.8, 4) is 0 Å².